The smallest absolute Gasteiger partial charge is 0.416 e. The Bertz CT molecular complexity index is 876. The van der Waals surface area contributed by atoms with Crippen LogP contribution in [0.2, 0.25) is 0 Å². The van der Waals surface area contributed by atoms with Crippen molar-refractivity contribution in [2.24, 2.45) is 0 Å². The second-order valence-corrected chi connectivity index (χ2v) is 8.85. The summed E-state index contributed by atoms with van der Waals surface area (Å²) in [5.41, 5.74) is 6.39. The van der Waals surface area contributed by atoms with Gasteiger partial charge in [0, 0.05) is 19.0 Å². The zero-order valence-corrected chi connectivity index (χ0v) is 19.6. The molecule has 3 rings (SSSR count). The molecule has 0 aliphatic carbocycles. The maximum atomic E-state index is 12.9. The standard InChI is InChI=1S/C26H36F3N3O/c1-3-5-8-20(21-10-12-22(13-11-21)26(27,28)29)9-6-7-17-30-25(16-18-31-32-25)19-24-15-14-23(4-2)33-24/h10-16,18,20,30-32H,3-9,17,19H2,1-2H3. The van der Waals surface area contributed by atoms with Crippen LogP contribution in [0.3, 0.4) is 0 Å². The number of rotatable bonds is 13. The topological polar surface area (TPSA) is 49.2 Å². The number of alkyl halides is 3. The highest BCUT2D eigenvalue weighted by Gasteiger charge is 2.31. The van der Waals surface area contributed by atoms with Crippen LogP contribution >= 0.6 is 0 Å². The monoisotopic (exact) mass is 463 g/mol. The van der Waals surface area contributed by atoms with Gasteiger partial charge in [-0.15, -0.1) is 0 Å². The Morgan fingerprint density at radius 1 is 0.970 bits per heavy atom. The normalized spacial score (nSPS) is 19.1. The molecule has 3 N–H and O–H groups in total. The van der Waals surface area contributed by atoms with Gasteiger partial charge >= 0.3 is 6.18 Å². The van der Waals surface area contributed by atoms with Gasteiger partial charge in [-0.2, -0.15) is 13.2 Å². The van der Waals surface area contributed by atoms with E-state index in [1.807, 2.05) is 18.3 Å². The largest absolute Gasteiger partial charge is 0.466 e. The van der Waals surface area contributed by atoms with E-state index in [4.69, 9.17) is 4.42 Å². The van der Waals surface area contributed by atoms with Crippen molar-refractivity contribution in [1.82, 2.24) is 16.2 Å². The van der Waals surface area contributed by atoms with Crippen LogP contribution in [0, 0.1) is 0 Å². The molecule has 0 saturated carbocycles. The molecule has 0 fully saturated rings. The summed E-state index contributed by atoms with van der Waals surface area (Å²) >= 11 is 0. The molecular weight excluding hydrogens is 427 g/mol. The van der Waals surface area contributed by atoms with Crippen molar-refractivity contribution in [3.05, 3.63) is 71.3 Å². The number of benzene rings is 1. The van der Waals surface area contributed by atoms with Gasteiger partial charge in [-0.05, 0) is 67.6 Å². The Kier molecular flexibility index (Phi) is 9.03. The minimum Gasteiger partial charge on any atom is -0.466 e. The molecule has 1 aromatic carbocycles. The maximum absolute atomic E-state index is 12.9. The summed E-state index contributed by atoms with van der Waals surface area (Å²) < 4.78 is 44.6. The number of hydrazine groups is 1. The van der Waals surface area contributed by atoms with Crippen LogP contribution in [0.1, 0.15) is 80.9 Å². The fraction of sp³-hybridized carbons (Fsp3) is 0.538. The maximum Gasteiger partial charge on any atom is 0.416 e. The first-order valence-corrected chi connectivity index (χ1v) is 12.1. The molecule has 2 atom stereocenters. The van der Waals surface area contributed by atoms with E-state index < -0.39 is 17.4 Å². The number of hydrogen-bond donors (Lipinski definition) is 3. The average Bonchev–Trinajstić information content (AvgIpc) is 3.45. The number of halogens is 3. The molecule has 2 aromatic rings. The SMILES string of the molecule is CCCCC(CCCCNC1(Cc2ccc(CC)o2)C=CNN1)c1ccc(C(F)(F)F)cc1. The minimum atomic E-state index is -4.29. The number of unbranched alkanes of at least 4 members (excludes halogenated alkanes) is 2. The molecule has 0 radical (unpaired) electrons. The zero-order chi connectivity index (χ0) is 23.7. The highest BCUT2D eigenvalue weighted by molar-refractivity contribution is 5.27. The summed E-state index contributed by atoms with van der Waals surface area (Å²) in [5, 5.41) is 3.61. The number of aryl methyl sites for hydroxylation is 1. The van der Waals surface area contributed by atoms with E-state index in [0.29, 0.717) is 12.3 Å². The molecule has 7 heteroatoms. The second-order valence-electron chi connectivity index (χ2n) is 8.85. The molecule has 0 amide bonds. The van der Waals surface area contributed by atoms with Crippen LogP contribution in [0.5, 0.6) is 0 Å². The first-order chi connectivity index (χ1) is 15.8. The lowest BCUT2D eigenvalue weighted by Gasteiger charge is -2.28. The molecule has 1 aromatic heterocycles. The zero-order valence-electron chi connectivity index (χ0n) is 19.6. The Balaban J connectivity index is 1.50. The van der Waals surface area contributed by atoms with Crippen molar-refractivity contribution in [3.8, 4) is 0 Å². The molecule has 1 aliphatic heterocycles. The Hall–Kier alpha value is -2.25. The van der Waals surface area contributed by atoms with Gasteiger partial charge in [-0.1, -0.05) is 45.2 Å². The average molecular weight is 464 g/mol. The fourth-order valence-corrected chi connectivity index (χ4v) is 4.35. The van der Waals surface area contributed by atoms with Gasteiger partial charge in [-0.3, -0.25) is 5.32 Å². The van der Waals surface area contributed by atoms with E-state index in [1.165, 1.54) is 12.1 Å². The molecule has 0 saturated heterocycles. The van der Waals surface area contributed by atoms with E-state index in [1.54, 1.807) is 12.1 Å². The van der Waals surface area contributed by atoms with Gasteiger partial charge in [-0.25, -0.2) is 5.43 Å². The summed E-state index contributed by atoms with van der Waals surface area (Å²) in [5.74, 6) is 2.21. The first kappa shape index (κ1) is 25.4. The van der Waals surface area contributed by atoms with Gasteiger partial charge < -0.3 is 9.84 Å². The summed E-state index contributed by atoms with van der Waals surface area (Å²) in [7, 11) is 0. The van der Waals surface area contributed by atoms with E-state index >= 15 is 0 Å². The van der Waals surface area contributed by atoms with Crippen LogP contribution in [0.15, 0.2) is 53.1 Å². The lowest BCUT2D eigenvalue weighted by Crippen LogP contribution is -2.57. The predicted molar refractivity (Wildman–Crippen MR) is 125 cm³/mol. The van der Waals surface area contributed by atoms with E-state index in [9.17, 15) is 13.2 Å². The quantitative estimate of drug-likeness (QED) is 0.299. The molecule has 4 nitrogen and oxygen atoms in total. The van der Waals surface area contributed by atoms with Crippen molar-refractivity contribution in [1.29, 1.82) is 0 Å². The lowest BCUT2D eigenvalue weighted by atomic mass is 9.88. The van der Waals surface area contributed by atoms with Gasteiger partial charge in [0.2, 0.25) is 0 Å². The number of furan rings is 1. The van der Waals surface area contributed by atoms with E-state index in [-0.39, 0.29) is 0 Å². The molecule has 2 unspecified atom stereocenters. The molecule has 182 valence electrons. The van der Waals surface area contributed by atoms with Crippen molar-refractivity contribution < 1.29 is 17.6 Å². The van der Waals surface area contributed by atoms with Crippen molar-refractivity contribution >= 4 is 0 Å². The minimum absolute atomic E-state index is 0.294. The van der Waals surface area contributed by atoms with Gasteiger partial charge in [0.15, 0.2) is 0 Å². The summed E-state index contributed by atoms with van der Waals surface area (Å²) in [6.45, 7) is 5.05. The molecule has 0 bridgehead atoms. The summed E-state index contributed by atoms with van der Waals surface area (Å²) in [4.78, 5) is 0. The highest BCUT2D eigenvalue weighted by Crippen LogP contribution is 2.33. The van der Waals surface area contributed by atoms with Crippen LogP contribution in [0.4, 0.5) is 13.2 Å². The third-order valence-electron chi connectivity index (χ3n) is 6.30. The van der Waals surface area contributed by atoms with Crippen LogP contribution in [-0.2, 0) is 19.0 Å². The number of nitrogens with one attached hydrogen (secondary N) is 3. The second kappa shape index (κ2) is 11.7. The predicted octanol–water partition coefficient (Wildman–Crippen LogP) is 6.46. The molecule has 33 heavy (non-hydrogen) atoms. The third kappa shape index (κ3) is 7.37. The molecule has 0 spiro atoms. The van der Waals surface area contributed by atoms with Gasteiger partial charge in [0.25, 0.3) is 0 Å². The third-order valence-corrected chi connectivity index (χ3v) is 6.30. The Labute approximate surface area is 195 Å². The fourth-order valence-electron chi connectivity index (χ4n) is 4.35. The van der Waals surface area contributed by atoms with Crippen LogP contribution in [0.25, 0.3) is 0 Å². The Morgan fingerprint density at radius 2 is 1.70 bits per heavy atom. The van der Waals surface area contributed by atoms with Gasteiger partial charge in [0.1, 0.15) is 17.2 Å². The first-order valence-electron chi connectivity index (χ1n) is 12.1. The summed E-state index contributed by atoms with van der Waals surface area (Å²) in [6, 6.07) is 9.78. The van der Waals surface area contributed by atoms with E-state index in [0.717, 1.165) is 68.6 Å². The highest BCUT2D eigenvalue weighted by atomic mass is 19.4. The molecular formula is C26H36F3N3O. The van der Waals surface area contributed by atoms with Gasteiger partial charge in [0.05, 0.1) is 5.56 Å². The van der Waals surface area contributed by atoms with Crippen molar-refractivity contribution in [2.45, 2.75) is 83.0 Å². The number of hydrogen-bond acceptors (Lipinski definition) is 4. The van der Waals surface area contributed by atoms with Crippen molar-refractivity contribution in [2.75, 3.05) is 6.54 Å². The van der Waals surface area contributed by atoms with Crippen LogP contribution in [-0.4, -0.2) is 12.2 Å². The lowest BCUT2D eigenvalue weighted by molar-refractivity contribution is -0.137. The summed E-state index contributed by atoms with van der Waals surface area (Å²) in [6.07, 6.45) is 7.39. The van der Waals surface area contributed by atoms with Crippen LogP contribution < -0.4 is 16.2 Å². The van der Waals surface area contributed by atoms with Crippen molar-refractivity contribution in [3.63, 3.8) is 0 Å². The Morgan fingerprint density at radius 3 is 2.30 bits per heavy atom. The van der Waals surface area contributed by atoms with E-state index in [2.05, 4.69) is 36.1 Å². The molecule has 1 aliphatic rings. The molecule has 2 heterocycles.